The minimum Gasteiger partial charge on any atom is -0.487 e. The van der Waals surface area contributed by atoms with E-state index in [9.17, 15) is 10.2 Å². The highest BCUT2D eigenvalue weighted by Crippen LogP contribution is 2.38. The van der Waals surface area contributed by atoms with Crippen molar-refractivity contribution in [3.63, 3.8) is 0 Å². The zero-order valence-electron chi connectivity index (χ0n) is 16.0. The number of ether oxygens (including phenoxy) is 1. The maximum Gasteiger partial charge on any atom is 0.143 e. The molecule has 7 nitrogen and oxygen atoms in total. The summed E-state index contributed by atoms with van der Waals surface area (Å²) in [7, 11) is 0. The van der Waals surface area contributed by atoms with Crippen LogP contribution in [0.3, 0.4) is 0 Å². The number of halogens is 1. The zero-order valence-corrected chi connectivity index (χ0v) is 16.8. The summed E-state index contributed by atoms with van der Waals surface area (Å²) in [6, 6.07) is 5.31. The molecule has 0 amide bonds. The average molecular weight is 415 g/mol. The van der Waals surface area contributed by atoms with Gasteiger partial charge in [0.15, 0.2) is 0 Å². The summed E-state index contributed by atoms with van der Waals surface area (Å²) in [5.41, 5.74) is 3.76. The molecule has 3 aromatic rings. The standard InChI is InChI=1S/C21H23ClN4O3/c1-11-12-5-7-26(21(12)25-10-24-11)16-8-18(20(28)19(16)27)29-17-3-2-15(22)13-4-6-23-9-14(13)17/h2-3,5,7,10,16,18-20,23,27-28H,4,6,8-9H2,1H3/t16-,18+,19+,20-/m1/s1. The molecule has 1 aliphatic heterocycles. The molecule has 152 valence electrons. The second-order valence-corrected chi connectivity index (χ2v) is 8.20. The number of benzene rings is 1. The average Bonchev–Trinajstić information content (AvgIpc) is 3.28. The van der Waals surface area contributed by atoms with Gasteiger partial charge in [0.2, 0.25) is 0 Å². The third kappa shape index (κ3) is 3.09. The van der Waals surface area contributed by atoms with Crippen LogP contribution in [0.1, 0.15) is 29.3 Å². The van der Waals surface area contributed by atoms with Crippen molar-refractivity contribution in [3.05, 3.63) is 52.6 Å². The van der Waals surface area contributed by atoms with E-state index >= 15 is 0 Å². The van der Waals surface area contributed by atoms with Crippen molar-refractivity contribution in [1.82, 2.24) is 19.9 Å². The number of aliphatic hydroxyl groups is 2. The number of aryl methyl sites for hydroxylation is 1. The van der Waals surface area contributed by atoms with Crippen molar-refractivity contribution in [1.29, 1.82) is 0 Å². The lowest BCUT2D eigenvalue weighted by Crippen LogP contribution is -2.34. The number of fused-ring (bicyclic) bond motifs is 2. The van der Waals surface area contributed by atoms with E-state index in [1.165, 1.54) is 6.33 Å². The number of nitrogens with one attached hydrogen (secondary N) is 1. The second kappa shape index (κ2) is 7.25. The Balaban J connectivity index is 1.44. The van der Waals surface area contributed by atoms with Crippen molar-refractivity contribution in [2.75, 3.05) is 6.54 Å². The van der Waals surface area contributed by atoms with E-state index in [-0.39, 0.29) is 6.04 Å². The fourth-order valence-corrected chi connectivity index (χ4v) is 4.80. The van der Waals surface area contributed by atoms with Crippen LogP contribution in [-0.4, -0.2) is 49.6 Å². The van der Waals surface area contributed by atoms with Crippen LogP contribution in [0.15, 0.2) is 30.7 Å². The summed E-state index contributed by atoms with van der Waals surface area (Å²) in [6.45, 7) is 3.49. The van der Waals surface area contributed by atoms with E-state index in [0.717, 1.165) is 45.8 Å². The van der Waals surface area contributed by atoms with Crippen LogP contribution < -0.4 is 10.1 Å². The Morgan fingerprint density at radius 1 is 1.17 bits per heavy atom. The molecule has 29 heavy (non-hydrogen) atoms. The maximum absolute atomic E-state index is 10.8. The minimum absolute atomic E-state index is 0.331. The van der Waals surface area contributed by atoms with Gasteiger partial charge in [0.1, 0.15) is 36.0 Å². The van der Waals surface area contributed by atoms with E-state index in [1.807, 2.05) is 35.9 Å². The number of aliphatic hydroxyl groups excluding tert-OH is 2. The van der Waals surface area contributed by atoms with Gasteiger partial charge >= 0.3 is 0 Å². The van der Waals surface area contributed by atoms with Gasteiger partial charge in [-0.1, -0.05) is 11.6 Å². The van der Waals surface area contributed by atoms with Gasteiger partial charge in [-0.2, -0.15) is 0 Å². The molecular weight excluding hydrogens is 392 g/mol. The third-order valence-corrected chi connectivity index (χ3v) is 6.48. The summed E-state index contributed by atoms with van der Waals surface area (Å²) in [4.78, 5) is 8.60. The molecule has 0 saturated heterocycles. The predicted molar refractivity (Wildman–Crippen MR) is 109 cm³/mol. The molecule has 3 heterocycles. The first-order valence-electron chi connectivity index (χ1n) is 9.86. The fraction of sp³-hybridized carbons (Fsp3) is 0.429. The van der Waals surface area contributed by atoms with Gasteiger partial charge in [-0.25, -0.2) is 9.97 Å². The van der Waals surface area contributed by atoms with Gasteiger partial charge in [-0.15, -0.1) is 0 Å². The monoisotopic (exact) mass is 414 g/mol. The molecule has 0 radical (unpaired) electrons. The molecule has 5 rings (SSSR count). The highest BCUT2D eigenvalue weighted by Gasteiger charge is 2.44. The minimum atomic E-state index is -0.997. The zero-order chi connectivity index (χ0) is 20.1. The molecule has 0 bridgehead atoms. The van der Waals surface area contributed by atoms with E-state index < -0.39 is 18.3 Å². The smallest absolute Gasteiger partial charge is 0.143 e. The van der Waals surface area contributed by atoms with Gasteiger partial charge in [-0.3, -0.25) is 0 Å². The molecule has 1 fully saturated rings. The normalized spacial score (nSPS) is 26.6. The van der Waals surface area contributed by atoms with Crippen LogP contribution in [0, 0.1) is 6.92 Å². The summed E-state index contributed by atoms with van der Waals surface area (Å²) in [5.74, 6) is 0.712. The second-order valence-electron chi connectivity index (χ2n) is 7.79. The van der Waals surface area contributed by atoms with E-state index in [2.05, 4.69) is 15.3 Å². The molecule has 2 aromatic heterocycles. The van der Waals surface area contributed by atoms with E-state index in [0.29, 0.717) is 18.7 Å². The van der Waals surface area contributed by atoms with Crippen molar-refractivity contribution >= 4 is 22.6 Å². The van der Waals surface area contributed by atoms with Crippen molar-refractivity contribution < 1.29 is 14.9 Å². The molecule has 3 N–H and O–H groups in total. The Bertz CT molecular complexity index is 1070. The molecule has 4 atom stereocenters. The molecule has 1 aromatic carbocycles. The topological polar surface area (TPSA) is 92.4 Å². The van der Waals surface area contributed by atoms with Crippen molar-refractivity contribution in [3.8, 4) is 5.75 Å². The molecular formula is C21H23ClN4O3. The first-order chi connectivity index (χ1) is 14.0. The molecule has 1 aliphatic carbocycles. The summed E-state index contributed by atoms with van der Waals surface area (Å²) >= 11 is 6.35. The largest absolute Gasteiger partial charge is 0.487 e. The first kappa shape index (κ1) is 18.8. The van der Waals surface area contributed by atoms with Crippen molar-refractivity contribution in [2.24, 2.45) is 0 Å². The lowest BCUT2D eigenvalue weighted by atomic mass is 10.00. The highest BCUT2D eigenvalue weighted by molar-refractivity contribution is 6.31. The molecule has 1 saturated carbocycles. The summed E-state index contributed by atoms with van der Waals surface area (Å²) in [5, 5.41) is 26.5. The molecule has 0 spiro atoms. The Hall–Kier alpha value is -2.19. The van der Waals surface area contributed by atoms with Crippen LogP contribution >= 0.6 is 11.6 Å². The fourth-order valence-electron chi connectivity index (χ4n) is 4.53. The van der Waals surface area contributed by atoms with Gasteiger partial charge in [0, 0.05) is 35.1 Å². The maximum atomic E-state index is 10.8. The van der Waals surface area contributed by atoms with Crippen LogP contribution in [-0.2, 0) is 13.0 Å². The Morgan fingerprint density at radius 3 is 2.90 bits per heavy atom. The highest BCUT2D eigenvalue weighted by atomic mass is 35.5. The first-order valence-corrected chi connectivity index (χ1v) is 10.2. The molecule has 8 heteroatoms. The SMILES string of the molecule is Cc1ncnc2c1ccn2[C@@H]1C[C@H](Oc2ccc(Cl)c3c2CNCC3)[C@@H](O)[C@H]1O. The quantitative estimate of drug-likeness (QED) is 0.608. The number of nitrogens with zero attached hydrogens (tertiary/aromatic N) is 3. The van der Waals surface area contributed by atoms with Crippen LogP contribution in [0.2, 0.25) is 5.02 Å². The number of hydrogen-bond acceptors (Lipinski definition) is 6. The lowest BCUT2D eigenvalue weighted by molar-refractivity contribution is -0.0166. The van der Waals surface area contributed by atoms with Gasteiger partial charge in [-0.05, 0) is 43.7 Å². The molecule has 0 unspecified atom stereocenters. The molecule has 2 aliphatic rings. The van der Waals surface area contributed by atoms with Crippen LogP contribution in [0.25, 0.3) is 11.0 Å². The Kier molecular flexibility index (Phi) is 4.70. The van der Waals surface area contributed by atoms with Crippen LogP contribution in [0.4, 0.5) is 0 Å². The number of hydrogen-bond donors (Lipinski definition) is 3. The van der Waals surface area contributed by atoms with Crippen LogP contribution in [0.5, 0.6) is 5.75 Å². The van der Waals surface area contributed by atoms with Crippen molar-refractivity contribution in [2.45, 2.75) is 50.7 Å². The predicted octanol–water partition coefficient (Wildman–Crippen LogP) is 2.15. The summed E-state index contributed by atoms with van der Waals surface area (Å²) in [6.07, 6.45) is 2.26. The summed E-state index contributed by atoms with van der Waals surface area (Å²) < 4.78 is 8.14. The van der Waals surface area contributed by atoms with Gasteiger partial charge in [0.25, 0.3) is 0 Å². The Labute approximate surface area is 173 Å². The third-order valence-electron chi connectivity index (χ3n) is 6.13. The number of rotatable bonds is 3. The van der Waals surface area contributed by atoms with E-state index in [1.54, 1.807) is 0 Å². The van der Waals surface area contributed by atoms with Gasteiger partial charge < -0.3 is 24.8 Å². The number of aromatic nitrogens is 3. The lowest BCUT2D eigenvalue weighted by Gasteiger charge is -2.25. The van der Waals surface area contributed by atoms with E-state index in [4.69, 9.17) is 16.3 Å². The van der Waals surface area contributed by atoms with Gasteiger partial charge in [0.05, 0.1) is 11.7 Å². The Morgan fingerprint density at radius 2 is 2.03 bits per heavy atom.